The fraction of sp³-hybridized carbons (Fsp3) is 0.442. The first-order valence-corrected chi connectivity index (χ1v) is 16.7. The number of rotatable bonds is 10. The molecule has 0 fully saturated rings. The predicted octanol–water partition coefficient (Wildman–Crippen LogP) is 14.3. The van der Waals surface area contributed by atoms with Crippen molar-refractivity contribution in [1.82, 2.24) is 0 Å². The van der Waals surface area contributed by atoms with Gasteiger partial charge in [-0.05, 0) is 69.7 Å². The lowest BCUT2D eigenvalue weighted by Gasteiger charge is -2.20. The van der Waals surface area contributed by atoms with E-state index in [9.17, 15) is 4.39 Å². The number of hydrogen-bond donors (Lipinski definition) is 0. The van der Waals surface area contributed by atoms with Crippen molar-refractivity contribution < 1.29 is 4.39 Å². The molecule has 0 radical (unpaired) electrons. The van der Waals surface area contributed by atoms with Crippen molar-refractivity contribution in [3.8, 4) is 0 Å². The van der Waals surface area contributed by atoms with E-state index in [-0.39, 0.29) is 11.2 Å². The number of benzene rings is 2. The molecule has 0 amide bonds. The smallest absolute Gasteiger partial charge is 0.123 e. The summed E-state index contributed by atoms with van der Waals surface area (Å²) in [4.78, 5) is 0. The highest BCUT2D eigenvalue weighted by Crippen LogP contribution is 2.36. The topological polar surface area (TPSA) is 0 Å². The Labute approximate surface area is 273 Å². The molecule has 3 rings (SSSR count). The maximum atomic E-state index is 12.1. The van der Waals surface area contributed by atoms with Crippen LogP contribution < -0.4 is 0 Å². The Morgan fingerprint density at radius 3 is 1.77 bits per heavy atom. The number of allylic oxidation sites excluding steroid dienone is 10. The van der Waals surface area contributed by atoms with Crippen molar-refractivity contribution in [3.63, 3.8) is 0 Å². The van der Waals surface area contributed by atoms with Gasteiger partial charge in [-0.2, -0.15) is 0 Å². The van der Waals surface area contributed by atoms with Gasteiger partial charge in [0.1, 0.15) is 5.82 Å². The molecular weight excluding hydrogens is 535 g/mol. The van der Waals surface area contributed by atoms with E-state index in [1.807, 2.05) is 6.92 Å². The summed E-state index contributed by atoms with van der Waals surface area (Å²) in [6.07, 6.45) is 22.8. The minimum atomic E-state index is -0.171. The van der Waals surface area contributed by atoms with Crippen molar-refractivity contribution in [2.45, 2.75) is 121 Å². The van der Waals surface area contributed by atoms with E-state index >= 15 is 0 Å². The molecule has 0 atom stereocenters. The molecule has 1 aliphatic rings. The molecule has 244 valence electrons. The summed E-state index contributed by atoms with van der Waals surface area (Å²) in [6.45, 7) is 29.4. The molecule has 1 heteroatoms. The van der Waals surface area contributed by atoms with Gasteiger partial charge in [0.05, 0.1) is 0 Å². The molecule has 0 bridgehead atoms. The molecule has 0 saturated carbocycles. The van der Waals surface area contributed by atoms with Crippen LogP contribution in [0.5, 0.6) is 0 Å². The van der Waals surface area contributed by atoms with E-state index in [4.69, 9.17) is 0 Å². The number of unbranched alkanes of at least 4 members (excludes halogenated alkanes) is 2. The average molecular weight is 601 g/mol. The second-order valence-electron chi connectivity index (χ2n) is 11.8. The molecule has 44 heavy (non-hydrogen) atoms. The second-order valence-corrected chi connectivity index (χ2v) is 11.8. The summed E-state index contributed by atoms with van der Waals surface area (Å²) in [6, 6.07) is 17.0. The fourth-order valence-corrected chi connectivity index (χ4v) is 3.98. The van der Waals surface area contributed by atoms with Gasteiger partial charge in [0.25, 0.3) is 0 Å². The molecule has 0 heterocycles. The molecule has 2 aromatic rings. The molecule has 0 saturated heterocycles. The summed E-state index contributed by atoms with van der Waals surface area (Å²) in [5, 5.41) is 0. The number of halogens is 1. The molecular formula is C43H65F. The van der Waals surface area contributed by atoms with E-state index in [1.54, 1.807) is 12.1 Å². The van der Waals surface area contributed by atoms with Crippen molar-refractivity contribution in [1.29, 1.82) is 0 Å². The van der Waals surface area contributed by atoms with Crippen LogP contribution in [-0.4, -0.2) is 0 Å². The van der Waals surface area contributed by atoms with E-state index < -0.39 is 0 Å². The van der Waals surface area contributed by atoms with Crippen molar-refractivity contribution in [2.75, 3.05) is 0 Å². The van der Waals surface area contributed by atoms with Gasteiger partial charge in [0.2, 0.25) is 0 Å². The molecule has 0 spiro atoms. The Bertz CT molecular complexity index is 1100. The summed E-state index contributed by atoms with van der Waals surface area (Å²) in [5.41, 5.74) is 7.91. The van der Waals surface area contributed by atoms with Gasteiger partial charge in [-0.15, -0.1) is 0 Å². The van der Waals surface area contributed by atoms with Gasteiger partial charge in [-0.1, -0.05) is 189 Å². The Morgan fingerprint density at radius 2 is 1.41 bits per heavy atom. The van der Waals surface area contributed by atoms with Gasteiger partial charge in [0.15, 0.2) is 0 Å². The normalized spacial score (nSPS) is 12.7. The van der Waals surface area contributed by atoms with Crippen LogP contribution in [0.1, 0.15) is 118 Å². The lowest BCUT2D eigenvalue weighted by molar-refractivity contribution is 0.598. The zero-order chi connectivity index (χ0) is 33.8. The predicted molar refractivity (Wildman–Crippen MR) is 200 cm³/mol. The van der Waals surface area contributed by atoms with Gasteiger partial charge in [0, 0.05) is 5.41 Å². The summed E-state index contributed by atoms with van der Waals surface area (Å²) >= 11 is 0. The average Bonchev–Trinajstić information content (AvgIpc) is 3.39. The Kier molecular flexibility index (Phi) is 26.7. The minimum Gasteiger partial charge on any atom is -0.207 e. The van der Waals surface area contributed by atoms with Crippen molar-refractivity contribution in [3.05, 3.63) is 143 Å². The molecule has 0 aliphatic heterocycles. The largest absolute Gasteiger partial charge is 0.207 e. The van der Waals surface area contributed by atoms with Crippen LogP contribution in [0.3, 0.4) is 0 Å². The third-order valence-electron chi connectivity index (χ3n) is 6.99. The first-order valence-electron chi connectivity index (χ1n) is 16.7. The van der Waals surface area contributed by atoms with Crippen LogP contribution in [0.2, 0.25) is 0 Å². The molecule has 0 unspecified atom stereocenters. The highest BCUT2D eigenvalue weighted by molar-refractivity contribution is 5.43. The Hall–Kier alpha value is -3.19. The maximum Gasteiger partial charge on any atom is 0.123 e. The minimum absolute atomic E-state index is 0.171. The molecule has 0 nitrogen and oxygen atoms in total. The van der Waals surface area contributed by atoms with E-state index in [0.717, 1.165) is 18.4 Å². The van der Waals surface area contributed by atoms with Gasteiger partial charge < -0.3 is 0 Å². The van der Waals surface area contributed by atoms with Crippen LogP contribution in [-0.2, 0) is 6.42 Å². The lowest BCUT2D eigenvalue weighted by atomic mass is 9.84. The number of aryl methyl sites for hydroxylation is 2. The maximum absolute atomic E-state index is 12.1. The highest BCUT2D eigenvalue weighted by Gasteiger charge is 2.22. The quantitative estimate of drug-likeness (QED) is 0.238. The first kappa shape index (κ1) is 42.9. The highest BCUT2D eigenvalue weighted by atomic mass is 19.1. The van der Waals surface area contributed by atoms with Gasteiger partial charge in [-0.3, -0.25) is 0 Å². The summed E-state index contributed by atoms with van der Waals surface area (Å²) in [7, 11) is 0. The van der Waals surface area contributed by atoms with Crippen LogP contribution in [0.4, 0.5) is 4.39 Å². The van der Waals surface area contributed by atoms with Crippen LogP contribution in [0, 0.1) is 18.2 Å². The van der Waals surface area contributed by atoms with Crippen molar-refractivity contribution >= 4 is 0 Å². The third-order valence-corrected chi connectivity index (χ3v) is 6.99. The standard InChI is InChI=1S/C13H22.C10H14.C9H12.C7H7F.C4H10/c1-5-8-9-12(4)10-11-13(6-2)7-3;1-8(2)9-6-5-7-10(9,3)4;1-2-6-9-7-4-3-5-8-9;1-6-2-4-7(8)5-3-6;1-3-4-2/h6,10-11H,4-5,7-9H2,1-3H3;5-7H,1H2,2-4H3;3-5,7-8H,2,6H2,1H3;2-5H,1H3;3-4H2,1-2H3/b11-10-,13-6-;;;;. The Balaban J connectivity index is 0. The summed E-state index contributed by atoms with van der Waals surface area (Å²) in [5.74, 6) is -0.171. The van der Waals surface area contributed by atoms with Gasteiger partial charge in [-0.25, -0.2) is 4.39 Å². The summed E-state index contributed by atoms with van der Waals surface area (Å²) < 4.78 is 12.1. The number of hydrogen-bond acceptors (Lipinski definition) is 0. The monoisotopic (exact) mass is 601 g/mol. The third kappa shape index (κ3) is 23.3. The molecule has 0 aromatic heterocycles. The molecule has 0 N–H and O–H groups in total. The zero-order valence-corrected chi connectivity index (χ0v) is 30.1. The van der Waals surface area contributed by atoms with Crippen LogP contribution in [0.15, 0.2) is 127 Å². The molecule has 1 aliphatic carbocycles. The van der Waals surface area contributed by atoms with E-state index in [2.05, 4.69) is 142 Å². The van der Waals surface area contributed by atoms with Gasteiger partial charge >= 0.3 is 0 Å². The van der Waals surface area contributed by atoms with E-state index in [1.165, 1.54) is 78.5 Å². The fourth-order valence-electron chi connectivity index (χ4n) is 3.98. The molecule has 2 aromatic carbocycles. The van der Waals surface area contributed by atoms with Crippen molar-refractivity contribution in [2.24, 2.45) is 5.41 Å². The SMILES string of the molecule is C=C(/C=C\C(=C/C)CC)CCCC.C=C(C)C1=CC=CC1(C)C.CCCC.CCCc1ccccc1.Cc1ccc(F)cc1. The second kappa shape index (κ2) is 27.4. The lowest BCUT2D eigenvalue weighted by Crippen LogP contribution is -2.08. The van der Waals surface area contributed by atoms with E-state index in [0.29, 0.717) is 0 Å². The zero-order valence-electron chi connectivity index (χ0n) is 30.1. The van der Waals surface area contributed by atoms with Crippen LogP contribution in [0.25, 0.3) is 0 Å². The Morgan fingerprint density at radius 1 is 0.818 bits per heavy atom. The first-order chi connectivity index (χ1) is 20.9. The van der Waals surface area contributed by atoms with Crippen LogP contribution >= 0.6 is 0 Å².